The monoisotopic (exact) mass is 809 g/mol. The highest BCUT2D eigenvalue weighted by Gasteiger charge is 2.35. The zero-order chi connectivity index (χ0) is 42.4. The number of aliphatic carboxylic acids is 1. The molecule has 19 heteroatoms. The zero-order valence-corrected chi connectivity index (χ0v) is 33.7. The average molecular weight is 810 g/mol. The molecular weight excluding hydrogens is 747 g/mol. The van der Waals surface area contributed by atoms with Crippen molar-refractivity contribution in [2.24, 2.45) is 23.1 Å². The Hall–Kier alpha value is -4.30. The van der Waals surface area contributed by atoms with E-state index in [4.69, 9.17) is 17.2 Å². The third kappa shape index (κ3) is 17.7. The predicted molar refractivity (Wildman–Crippen MR) is 214 cm³/mol. The minimum Gasteiger partial charge on any atom is -0.480 e. The lowest BCUT2D eigenvalue weighted by Crippen LogP contribution is -2.62. The highest BCUT2D eigenvalue weighted by Crippen LogP contribution is 2.11. The Balaban J connectivity index is 3.18. The molecule has 0 unspecified atom stereocenters. The standard InChI is InChI=1S/C37H63N9O9S/c1-5-21(2)29(45-31(48)22(3)40)35(52)41-26(16-10-12-18-39)33(50)44-28(20-56)34(51)46-30(23(4)47)36(53)42-25(15-9-11-17-38)32(49)43-27(37(54)55)19-24-13-7-6-8-14-24/h6-8,13-14,21-23,25-30,47,56H,5,9-12,15-20,38-40H2,1-4H3,(H,41,52)(H,42,53)(H,43,49)(H,44,50)(H,45,48)(H,46,51)(H,54,55)/t21-,22-,23+,25-,26-,27-,28-,29-,30-/m0/s1. The van der Waals surface area contributed by atoms with Gasteiger partial charge in [0.1, 0.15) is 36.3 Å². The number of hydrogen-bond donors (Lipinski definition) is 12. The first-order chi connectivity index (χ1) is 26.5. The number of carboxylic acid groups (broad SMARTS) is 1. The molecule has 0 saturated heterocycles. The van der Waals surface area contributed by atoms with E-state index in [1.54, 1.807) is 37.3 Å². The second-order valence-corrected chi connectivity index (χ2v) is 14.3. The first-order valence-electron chi connectivity index (χ1n) is 19.0. The number of aliphatic hydroxyl groups excluding tert-OH is 1. The summed E-state index contributed by atoms with van der Waals surface area (Å²) in [6, 6.07) is 0.0987. The molecule has 0 aliphatic heterocycles. The Morgan fingerprint density at radius 3 is 1.52 bits per heavy atom. The minimum atomic E-state index is -1.61. The van der Waals surface area contributed by atoms with Gasteiger partial charge in [0, 0.05) is 12.2 Å². The van der Waals surface area contributed by atoms with Crippen LogP contribution in [0.3, 0.4) is 0 Å². The fraction of sp³-hybridized carbons (Fsp3) is 0.649. The number of nitrogens with one attached hydrogen (secondary N) is 6. The van der Waals surface area contributed by atoms with Crippen LogP contribution in [0, 0.1) is 5.92 Å². The van der Waals surface area contributed by atoms with Gasteiger partial charge >= 0.3 is 5.97 Å². The number of carboxylic acids is 1. The maximum absolute atomic E-state index is 13.6. The van der Waals surface area contributed by atoms with Crippen LogP contribution >= 0.6 is 12.6 Å². The van der Waals surface area contributed by atoms with Gasteiger partial charge in [-0.25, -0.2) is 4.79 Å². The molecule has 0 spiro atoms. The van der Waals surface area contributed by atoms with Crippen molar-refractivity contribution < 1.29 is 43.8 Å². The zero-order valence-electron chi connectivity index (χ0n) is 32.8. The maximum Gasteiger partial charge on any atom is 0.326 e. The van der Waals surface area contributed by atoms with Crippen molar-refractivity contribution in [2.75, 3.05) is 18.8 Å². The lowest BCUT2D eigenvalue weighted by atomic mass is 9.97. The van der Waals surface area contributed by atoms with E-state index in [1.165, 1.54) is 13.8 Å². The summed E-state index contributed by atoms with van der Waals surface area (Å²) >= 11 is 4.21. The molecule has 0 aliphatic rings. The van der Waals surface area contributed by atoms with Crippen LogP contribution < -0.4 is 49.1 Å². The molecule has 0 heterocycles. The van der Waals surface area contributed by atoms with E-state index >= 15 is 0 Å². The van der Waals surface area contributed by atoms with Gasteiger partial charge in [-0.15, -0.1) is 0 Å². The van der Waals surface area contributed by atoms with Crippen LogP contribution in [0.1, 0.15) is 78.2 Å². The van der Waals surface area contributed by atoms with Crippen LogP contribution in [0.2, 0.25) is 0 Å². The lowest BCUT2D eigenvalue weighted by Gasteiger charge is -2.29. The van der Waals surface area contributed by atoms with Crippen molar-refractivity contribution in [3.05, 3.63) is 35.9 Å². The fourth-order valence-electron chi connectivity index (χ4n) is 5.48. The van der Waals surface area contributed by atoms with Crippen molar-refractivity contribution >= 4 is 54.0 Å². The molecule has 1 rings (SSSR count). The topological polar surface area (TPSA) is 310 Å². The molecule has 0 aliphatic carbocycles. The van der Waals surface area contributed by atoms with Gasteiger partial charge in [0.25, 0.3) is 0 Å². The number of rotatable bonds is 27. The number of nitrogens with two attached hydrogens (primary N) is 3. The number of benzene rings is 1. The van der Waals surface area contributed by atoms with Crippen LogP contribution in [-0.2, 0) is 40.0 Å². The number of thiol groups is 1. The van der Waals surface area contributed by atoms with E-state index in [0.717, 1.165) is 0 Å². The highest BCUT2D eigenvalue weighted by molar-refractivity contribution is 7.80. The van der Waals surface area contributed by atoms with E-state index in [2.05, 4.69) is 44.5 Å². The van der Waals surface area contributed by atoms with E-state index in [1.807, 2.05) is 6.92 Å². The van der Waals surface area contributed by atoms with Crippen LogP contribution in [0.4, 0.5) is 0 Å². The van der Waals surface area contributed by atoms with Crippen molar-refractivity contribution in [2.45, 2.75) is 127 Å². The van der Waals surface area contributed by atoms with Gasteiger partial charge in [-0.1, -0.05) is 50.6 Å². The summed E-state index contributed by atoms with van der Waals surface area (Å²) in [4.78, 5) is 91.9. The molecule has 1 aromatic carbocycles. The summed E-state index contributed by atoms with van der Waals surface area (Å²) in [7, 11) is 0. The molecule has 0 aromatic heterocycles. The number of aliphatic hydroxyl groups is 1. The van der Waals surface area contributed by atoms with Crippen molar-refractivity contribution in [1.29, 1.82) is 0 Å². The summed E-state index contributed by atoms with van der Waals surface area (Å²) in [5.41, 5.74) is 17.6. The number of carbonyl (C=O) groups is 7. The molecule has 56 heavy (non-hydrogen) atoms. The molecule has 6 amide bonds. The molecule has 0 radical (unpaired) electrons. The number of amides is 6. The Kier molecular flexibility index (Phi) is 23.6. The molecule has 9 atom stereocenters. The number of unbranched alkanes of at least 4 members (excludes halogenated alkanes) is 2. The SMILES string of the molecule is CC[C@H](C)[C@H](NC(=O)[C@H](C)N)C(=O)N[C@@H](CCCCN)C(=O)N[C@@H](CS)C(=O)N[C@H](C(=O)N[C@@H](CCCCN)C(=O)N[C@@H](Cc1ccccc1)C(=O)O)[C@@H](C)O. The Bertz CT molecular complexity index is 1420. The van der Waals surface area contributed by atoms with Gasteiger partial charge in [-0.05, 0) is 76.9 Å². The summed E-state index contributed by atoms with van der Waals surface area (Å²) < 4.78 is 0. The van der Waals surface area contributed by atoms with Gasteiger partial charge in [0.15, 0.2) is 0 Å². The third-order valence-electron chi connectivity index (χ3n) is 9.14. The molecule has 18 nitrogen and oxygen atoms in total. The van der Waals surface area contributed by atoms with Gasteiger partial charge in [-0.2, -0.15) is 12.6 Å². The summed E-state index contributed by atoms with van der Waals surface area (Å²) in [6.45, 7) is 6.95. The molecular formula is C37H63N9O9S. The third-order valence-corrected chi connectivity index (χ3v) is 9.51. The van der Waals surface area contributed by atoms with Gasteiger partial charge < -0.3 is 59.3 Å². The molecule has 0 saturated carbocycles. The largest absolute Gasteiger partial charge is 0.480 e. The Morgan fingerprint density at radius 1 is 0.643 bits per heavy atom. The molecule has 1 aromatic rings. The molecule has 0 fully saturated rings. The van der Waals surface area contributed by atoms with E-state index in [0.29, 0.717) is 50.8 Å². The Morgan fingerprint density at radius 2 is 1.09 bits per heavy atom. The maximum atomic E-state index is 13.6. The summed E-state index contributed by atoms with van der Waals surface area (Å²) in [5, 5.41) is 35.6. The normalized spacial score (nSPS) is 15.9. The number of carbonyl (C=O) groups excluding carboxylic acids is 6. The molecule has 14 N–H and O–H groups in total. The fourth-order valence-corrected chi connectivity index (χ4v) is 5.74. The molecule has 316 valence electrons. The average Bonchev–Trinajstić information content (AvgIpc) is 3.16. The van der Waals surface area contributed by atoms with Crippen LogP contribution in [0.5, 0.6) is 0 Å². The van der Waals surface area contributed by atoms with Gasteiger partial charge in [0.2, 0.25) is 35.4 Å². The number of hydrogen-bond acceptors (Lipinski definition) is 12. The second-order valence-electron chi connectivity index (χ2n) is 13.9. The van der Waals surface area contributed by atoms with E-state index in [9.17, 15) is 43.8 Å². The van der Waals surface area contributed by atoms with Crippen LogP contribution in [0.25, 0.3) is 0 Å². The summed E-state index contributed by atoms with van der Waals surface area (Å²) in [5.74, 6) is -6.41. The predicted octanol–water partition coefficient (Wildman–Crippen LogP) is -1.82. The van der Waals surface area contributed by atoms with Crippen molar-refractivity contribution in [3.63, 3.8) is 0 Å². The van der Waals surface area contributed by atoms with E-state index < -0.39 is 89.8 Å². The van der Waals surface area contributed by atoms with E-state index in [-0.39, 0.29) is 30.9 Å². The minimum absolute atomic E-state index is 0.0191. The molecule has 0 bridgehead atoms. The lowest BCUT2D eigenvalue weighted by molar-refractivity contribution is -0.142. The smallest absolute Gasteiger partial charge is 0.326 e. The van der Waals surface area contributed by atoms with Gasteiger partial charge in [0.05, 0.1) is 12.1 Å². The Labute approximate surface area is 334 Å². The van der Waals surface area contributed by atoms with Crippen LogP contribution in [0.15, 0.2) is 30.3 Å². The van der Waals surface area contributed by atoms with Gasteiger partial charge in [-0.3, -0.25) is 28.8 Å². The van der Waals surface area contributed by atoms with Crippen LogP contribution in [-0.4, -0.2) is 119 Å². The summed E-state index contributed by atoms with van der Waals surface area (Å²) in [6.07, 6.45) is 1.11. The first kappa shape index (κ1) is 49.7. The first-order valence-corrected chi connectivity index (χ1v) is 19.7. The quantitative estimate of drug-likeness (QED) is 0.0346. The second kappa shape index (κ2) is 26.5. The highest BCUT2D eigenvalue weighted by atomic mass is 32.1. The van der Waals surface area contributed by atoms with Crippen molar-refractivity contribution in [1.82, 2.24) is 31.9 Å². The van der Waals surface area contributed by atoms with Crippen molar-refractivity contribution in [3.8, 4) is 0 Å².